The standard InChI is InChI=1S/C12H27N/c1-7-8-9-11(2,3)10-12(4,5)13-6/h13H,7-10H2,1-6H3. The quantitative estimate of drug-likeness (QED) is 0.667. The molecule has 0 aliphatic rings. The van der Waals surface area contributed by atoms with Crippen molar-refractivity contribution in [3.05, 3.63) is 0 Å². The third-order valence-corrected chi connectivity index (χ3v) is 2.80. The Kier molecular flexibility index (Phi) is 4.98. The van der Waals surface area contributed by atoms with E-state index in [-0.39, 0.29) is 5.54 Å². The minimum Gasteiger partial charge on any atom is -0.315 e. The second kappa shape index (κ2) is 4.99. The van der Waals surface area contributed by atoms with Crippen LogP contribution in [0.4, 0.5) is 0 Å². The molecule has 0 aromatic heterocycles. The predicted molar refractivity (Wildman–Crippen MR) is 61.1 cm³/mol. The summed E-state index contributed by atoms with van der Waals surface area (Å²) < 4.78 is 0. The molecule has 0 unspecified atom stereocenters. The molecule has 0 spiro atoms. The largest absolute Gasteiger partial charge is 0.315 e. The van der Waals surface area contributed by atoms with Gasteiger partial charge < -0.3 is 5.32 Å². The number of unbranched alkanes of at least 4 members (excludes halogenated alkanes) is 1. The van der Waals surface area contributed by atoms with Crippen LogP contribution in [0.15, 0.2) is 0 Å². The Morgan fingerprint density at radius 1 is 1.08 bits per heavy atom. The van der Waals surface area contributed by atoms with Crippen LogP contribution in [-0.2, 0) is 0 Å². The highest BCUT2D eigenvalue weighted by molar-refractivity contribution is 4.83. The van der Waals surface area contributed by atoms with Crippen molar-refractivity contribution in [2.75, 3.05) is 7.05 Å². The molecule has 0 aromatic rings. The Bertz CT molecular complexity index is 136. The molecular formula is C12H27N. The first kappa shape index (κ1) is 13.0. The van der Waals surface area contributed by atoms with E-state index in [1.807, 2.05) is 0 Å². The summed E-state index contributed by atoms with van der Waals surface area (Å²) in [5.41, 5.74) is 0.750. The van der Waals surface area contributed by atoms with Gasteiger partial charge in [-0.2, -0.15) is 0 Å². The Morgan fingerprint density at radius 2 is 1.62 bits per heavy atom. The van der Waals surface area contributed by atoms with Gasteiger partial charge >= 0.3 is 0 Å². The van der Waals surface area contributed by atoms with Crippen molar-refractivity contribution in [3.8, 4) is 0 Å². The molecule has 13 heavy (non-hydrogen) atoms. The second-order valence-corrected chi connectivity index (χ2v) is 5.58. The lowest BCUT2D eigenvalue weighted by molar-refractivity contribution is 0.213. The van der Waals surface area contributed by atoms with Crippen molar-refractivity contribution in [1.82, 2.24) is 5.32 Å². The van der Waals surface area contributed by atoms with Gasteiger partial charge in [-0.25, -0.2) is 0 Å². The lowest BCUT2D eigenvalue weighted by Crippen LogP contribution is -2.40. The predicted octanol–water partition coefficient (Wildman–Crippen LogP) is 3.59. The minimum absolute atomic E-state index is 0.275. The summed E-state index contributed by atoms with van der Waals surface area (Å²) >= 11 is 0. The summed E-state index contributed by atoms with van der Waals surface area (Å²) in [4.78, 5) is 0. The molecule has 0 bridgehead atoms. The van der Waals surface area contributed by atoms with Crippen LogP contribution in [0.2, 0.25) is 0 Å². The summed E-state index contributed by atoms with van der Waals surface area (Å²) in [5, 5.41) is 3.37. The molecule has 1 nitrogen and oxygen atoms in total. The molecule has 80 valence electrons. The summed E-state index contributed by atoms with van der Waals surface area (Å²) in [5.74, 6) is 0. The average Bonchev–Trinajstić information content (AvgIpc) is 1.99. The van der Waals surface area contributed by atoms with E-state index in [9.17, 15) is 0 Å². The van der Waals surface area contributed by atoms with Gasteiger partial charge in [-0.1, -0.05) is 33.6 Å². The first-order chi connectivity index (χ1) is 5.83. The zero-order chi connectivity index (χ0) is 10.5. The maximum atomic E-state index is 3.37. The normalized spacial score (nSPS) is 13.4. The van der Waals surface area contributed by atoms with Crippen molar-refractivity contribution in [2.45, 2.75) is 65.8 Å². The van der Waals surface area contributed by atoms with E-state index in [0.29, 0.717) is 5.41 Å². The van der Waals surface area contributed by atoms with Crippen molar-refractivity contribution in [3.63, 3.8) is 0 Å². The monoisotopic (exact) mass is 185 g/mol. The van der Waals surface area contributed by atoms with E-state index < -0.39 is 0 Å². The van der Waals surface area contributed by atoms with Crippen LogP contribution in [0.5, 0.6) is 0 Å². The summed E-state index contributed by atoms with van der Waals surface area (Å²) in [6.07, 6.45) is 5.25. The van der Waals surface area contributed by atoms with Crippen LogP contribution in [0.3, 0.4) is 0 Å². The van der Waals surface area contributed by atoms with Crippen LogP contribution < -0.4 is 5.32 Å². The molecule has 0 aromatic carbocycles. The first-order valence-electron chi connectivity index (χ1n) is 5.52. The number of hydrogen-bond acceptors (Lipinski definition) is 1. The van der Waals surface area contributed by atoms with E-state index >= 15 is 0 Å². The Labute approximate surface area is 84.3 Å². The first-order valence-corrected chi connectivity index (χ1v) is 5.52. The molecule has 0 atom stereocenters. The zero-order valence-electron chi connectivity index (χ0n) is 10.3. The molecule has 0 fully saturated rings. The molecule has 0 saturated heterocycles. The summed E-state index contributed by atoms with van der Waals surface area (Å²) in [7, 11) is 2.05. The molecule has 0 heterocycles. The second-order valence-electron chi connectivity index (χ2n) is 5.58. The molecule has 0 amide bonds. The highest BCUT2D eigenvalue weighted by Crippen LogP contribution is 2.32. The fraction of sp³-hybridized carbons (Fsp3) is 1.00. The maximum Gasteiger partial charge on any atom is 0.0127 e. The van der Waals surface area contributed by atoms with Gasteiger partial charge in [-0.3, -0.25) is 0 Å². The minimum atomic E-state index is 0.275. The van der Waals surface area contributed by atoms with Gasteiger partial charge in [-0.05, 0) is 39.2 Å². The van der Waals surface area contributed by atoms with Gasteiger partial charge in [0.15, 0.2) is 0 Å². The van der Waals surface area contributed by atoms with Gasteiger partial charge in [0.05, 0.1) is 0 Å². The van der Waals surface area contributed by atoms with E-state index in [0.717, 1.165) is 0 Å². The highest BCUT2D eigenvalue weighted by atomic mass is 14.9. The summed E-state index contributed by atoms with van der Waals surface area (Å²) in [6.45, 7) is 11.6. The fourth-order valence-corrected chi connectivity index (χ4v) is 2.03. The molecular weight excluding hydrogens is 158 g/mol. The van der Waals surface area contributed by atoms with E-state index in [1.54, 1.807) is 0 Å². The van der Waals surface area contributed by atoms with Crippen molar-refractivity contribution < 1.29 is 0 Å². The zero-order valence-corrected chi connectivity index (χ0v) is 10.3. The molecule has 1 heteroatoms. The number of nitrogens with one attached hydrogen (secondary N) is 1. The lowest BCUT2D eigenvalue weighted by Gasteiger charge is -2.35. The van der Waals surface area contributed by atoms with Gasteiger partial charge in [0.2, 0.25) is 0 Å². The Balaban J connectivity index is 4.00. The van der Waals surface area contributed by atoms with Crippen molar-refractivity contribution >= 4 is 0 Å². The van der Waals surface area contributed by atoms with Gasteiger partial charge in [0.1, 0.15) is 0 Å². The molecule has 1 N–H and O–H groups in total. The van der Waals surface area contributed by atoms with Crippen molar-refractivity contribution in [2.24, 2.45) is 5.41 Å². The van der Waals surface area contributed by atoms with E-state index in [2.05, 4.69) is 47.0 Å². The van der Waals surface area contributed by atoms with Gasteiger partial charge in [0.25, 0.3) is 0 Å². The van der Waals surface area contributed by atoms with E-state index in [4.69, 9.17) is 0 Å². The Morgan fingerprint density at radius 3 is 2.00 bits per heavy atom. The molecule has 0 rings (SSSR count). The fourth-order valence-electron chi connectivity index (χ4n) is 2.03. The third kappa shape index (κ3) is 6.09. The average molecular weight is 185 g/mol. The molecule has 0 aliphatic carbocycles. The molecule has 0 saturated carbocycles. The van der Waals surface area contributed by atoms with Crippen LogP contribution in [0.25, 0.3) is 0 Å². The number of hydrogen-bond donors (Lipinski definition) is 1. The van der Waals surface area contributed by atoms with Crippen LogP contribution in [0.1, 0.15) is 60.3 Å². The van der Waals surface area contributed by atoms with Gasteiger partial charge in [-0.15, -0.1) is 0 Å². The lowest BCUT2D eigenvalue weighted by atomic mass is 9.77. The highest BCUT2D eigenvalue weighted by Gasteiger charge is 2.26. The van der Waals surface area contributed by atoms with Gasteiger partial charge in [0, 0.05) is 5.54 Å². The van der Waals surface area contributed by atoms with Crippen molar-refractivity contribution in [1.29, 1.82) is 0 Å². The van der Waals surface area contributed by atoms with Crippen LogP contribution in [0, 0.1) is 5.41 Å². The maximum absolute atomic E-state index is 3.37. The number of rotatable bonds is 6. The van der Waals surface area contributed by atoms with E-state index in [1.165, 1.54) is 25.7 Å². The smallest absolute Gasteiger partial charge is 0.0127 e. The van der Waals surface area contributed by atoms with Crippen LogP contribution in [-0.4, -0.2) is 12.6 Å². The SMILES string of the molecule is CCCCC(C)(C)CC(C)(C)NC. The Hall–Kier alpha value is -0.0400. The molecule has 0 radical (unpaired) electrons. The van der Waals surface area contributed by atoms with Crippen LogP contribution >= 0.6 is 0 Å². The third-order valence-electron chi connectivity index (χ3n) is 2.80. The topological polar surface area (TPSA) is 12.0 Å². The molecule has 0 aliphatic heterocycles. The summed E-state index contributed by atoms with van der Waals surface area (Å²) in [6, 6.07) is 0.